The topological polar surface area (TPSA) is 67.9 Å². The van der Waals surface area contributed by atoms with Gasteiger partial charge in [-0.2, -0.15) is 0 Å². The molecule has 0 saturated carbocycles. The third-order valence-electron chi connectivity index (χ3n) is 4.70. The molecule has 0 aromatic heterocycles. The number of rotatable bonds is 5. The number of benzene rings is 1. The van der Waals surface area contributed by atoms with Gasteiger partial charge in [0.25, 0.3) is 15.9 Å². The molecule has 1 aromatic carbocycles. The van der Waals surface area contributed by atoms with Gasteiger partial charge in [0.2, 0.25) is 0 Å². The van der Waals surface area contributed by atoms with Gasteiger partial charge < -0.3 is 14.4 Å². The van der Waals surface area contributed by atoms with Gasteiger partial charge in [-0.25, -0.2) is 21.6 Å². The van der Waals surface area contributed by atoms with Crippen molar-refractivity contribution in [2.45, 2.75) is 24.8 Å². The van der Waals surface area contributed by atoms with E-state index < -0.39 is 33.1 Å². The van der Waals surface area contributed by atoms with E-state index in [0.29, 0.717) is 36.5 Å². The van der Waals surface area contributed by atoms with E-state index in [9.17, 15) is 21.6 Å². The van der Waals surface area contributed by atoms with Crippen molar-refractivity contribution in [1.82, 2.24) is 4.90 Å². The van der Waals surface area contributed by atoms with Crippen molar-refractivity contribution >= 4 is 15.7 Å². The lowest BCUT2D eigenvalue weighted by molar-refractivity contribution is 0.0481. The minimum absolute atomic E-state index is 0.0666. The fourth-order valence-electron chi connectivity index (χ4n) is 3.12. The van der Waals surface area contributed by atoms with Crippen molar-refractivity contribution in [2.24, 2.45) is 0 Å². The third kappa shape index (κ3) is 3.97. The van der Waals surface area contributed by atoms with E-state index in [0.717, 1.165) is 0 Å². The first-order valence-corrected chi connectivity index (χ1v) is 10.00. The average molecular weight is 418 g/mol. The molecule has 0 saturated heterocycles. The van der Waals surface area contributed by atoms with E-state index in [1.165, 1.54) is 13.2 Å². The molecule has 154 valence electrons. The van der Waals surface area contributed by atoms with Crippen LogP contribution in [0.3, 0.4) is 0 Å². The number of nitrogens with one attached hydrogen (secondary N) is 1. The molecule has 0 spiro atoms. The Morgan fingerprint density at radius 2 is 2.04 bits per heavy atom. The summed E-state index contributed by atoms with van der Waals surface area (Å²) in [6, 6.07) is 3.08. The molecule has 3 rings (SSSR count). The molecule has 1 heterocycles. The van der Waals surface area contributed by atoms with Crippen LogP contribution in [0, 0.1) is 0 Å². The zero-order valence-electron chi connectivity index (χ0n) is 15.6. The molecule has 10 heteroatoms. The van der Waals surface area contributed by atoms with Crippen molar-refractivity contribution in [3.05, 3.63) is 40.6 Å². The van der Waals surface area contributed by atoms with E-state index in [2.05, 4.69) is 4.72 Å². The minimum atomic E-state index is -4.42. The van der Waals surface area contributed by atoms with E-state index >= 15 is 0 Å². The van der Waals surface area contributed by atoms with Crippen LogP contribution in [0.15, 0.2) is 35.0 Å². The van der Waals surface area contributed by atoms with E-state index in [1.54, 1.807) is 6.07 Å². The van der Waals surface area contributed by atoms with Gasteiger partial charge >= 0.3 is 0 Å². The monoisotopic (exact) mass is 418 g/mol. The molecule has 1 atom stereocenters. The smallest absolute Gasteiger partial charge is 0.273 e. The molecular weight excluding hydrogens is 397 g/mol. The standard InChI is InChI=1S/C18H21F3N2O4S/c1-23(2)11-8-12-15(26-3)5-4-14(17(12)27-10-11)22-28(24,25)16-6-7-18(20,21)9-13(16)19/h4-7,11,22H,8-10H2,1-3H3/t11-/m1/s1. The molecule has 0 radical (unpaired) electrons. The van der Waals surface area contributed by atoms with Crippen molar-refractivity contribution in [3.63, 3.8) is 0 Å². The Balaban J connectivity index is 1.96. The Bertz CT molecular complexity index is 942. The highest BCUT2D eigenvalue weighted by Crippen LogP contribution is 2.41. The summed E-state index contributed by atoms with van der Waals surface area (Å²) in [4.78, 5) is 1.16. The Kier molecular flexibility index (Phi) is 5.37. The predicted molar refractivity (Wildman–Crippen MR) is 99.0 cm³/mol. The van der Waals surface area contributed by atoms with Crippen LogP contribution in [-0.2, 0) is 16.4 Å². The maximum Gasteiger partial charge on any atom is 0.273 e. The third-order valence-corrected chi connectivity index (χ3v) is 6.12. The van der Waals surface area contributed by atoms with Crippen molar-refractivity contribution in [2.75, 3.05) is 32.5 Å². The van der Waals surface area contributed by atoms with E-state index in [1.807, 2.05) is 19.0 Å². The van der Waals surface area contributed by atoms with Crippen LogP contribution in [0.4, 0.5) is 18.9 Å². The zero-order valence-corrected chi connectivity index (χ0v) is 16.4. The second-order valence-electron chi connectivity index (χ2n) is 6.90. The van der Waals surface area contributed by atoms with Crippen LogP contribution >= 0.6 is 0 Å². The summed E-state index contributed by atoms with van der Waals surface area (Å²) in [5.41, 5.74) is 0.770. The zero-order chi connectivity index (χ0) is 20.7. The maximum absolute atomic E-state index is 14.0. The Hall–Kier alpha value is -2.20. The van der Waals surface area contributed by atoms with Crippen molar-refractivity contribution in [1.29, 1.82) is 0 Å². The molecule has 1 aliphatic carbocycles. The Labute approximate surface area is 161 Å². The first kappa shape index (κ1) is 20.5. The van der Waals surface area contributed by atoms with Crippen LogP contribution in [0.1, 0.15) is 12.0 Å². The molecule has 6 nitrogen and oxygen atoms in total. The first-order valence-electron chi connectivity index (χ1n) is 8.51. The van der Waals surface area contributed by atoms with Crippen LogP contribution in [-0.4, -0.2) is 53.1 Å². The Morgan fingerprint density at radius 3 is 2.64 bits per heavy atom. The molecule has 0 bridgehead atoms. The molecule has 0 unspecified atom stereocenters. The summed E-state index contributed by atoms with van der Waals surface area (Å²) in [5.74, 6) is -3.98. The summed E-state index contributed by atoms with van der Waals surface area (Å²) in [7, 11) is 0.879. The lowest BCUT2D eigenvalue weighted by Crippen LogP contribution is -2.38. The van der Waals surface area contributed by atoms with E-state index in [4.69, 9.17) is 9.47 Å². The number of sulfonamides is 1. The van der Waals surface area contributed by atoms with Crippen molar-refractivity contribution in [3.8, 4) is 11.5 Å². The minimum Gasteiger partial charge on any atom is -0.496 e. The van der Waals surface area contributed by atoms with Gasteiger partial charge in [0.15, 0.2) is 0 Å². The molecule has 0 amide bonds. The number of alkyl halides is 2. The summed E-state index contributed by atoms with van der Waals surface area (Å²) in [6.45, 7) is 0.324. The lowest BCUT2D eigenvalue weighted by Gasteiger charge is -2.32. The van der Waals surface area contributed by atoms with Gasteiger partial charge in [-0.05, 0) is 44.8 Å². The first-order chi connectivity index (χ1) is 13.0. The molecule has 0 fully saturated rings. The second-order valence-corrected chi connectivity index (χ2v) is 8.55. The fraction of sp³-hybridized carbons (Fsp3) is 0.444. The normalized spacial score (nSPS) is 21.3. The number of hydrogen-bond acceptors (Lipinski definition) is 5. The molecule has 28 heavy (non-hydrogen) atoms. The summed E-state index contributed by atoms with van der Waals surface area (Å²) in [6.07, 6.45) is 0.234. The average Bonchev–Trinajstić information content (AvgIpc) is 2.60. The fourth-order valence-corrected chi connectivity index (χ4v) is 4.29. The predicted octanol–water partition coefficient (Wildman–Crippen LogP) is 3.08. The number of hydrogen-bond donors (Lipinski definition) is 1. The highest BCUT2D eigenvalue weighted by atomic mass is 32.2. The summed E-state index contributed by atoms with van der Waals surface area (Å²) < 4.78 is 79.0. The van der Waals surface area contributed by atoms with Gasteiger partial charge in [-0.15, -0.1) is 0 Å². The highest BCUT2D eigenvalue weighted by Gasteiger charge is 2.36. The van der Waals surface area contributed by atoms with Gasteiger partial charge in [0.1, 0.15) is 28.8 Å². The number of ether oxygens (including phenoxy) is 2. The number of likely N-dealkylation sites (N-methyl/N-ethyl adjacent to an activating group) is 1. The summed E-state index contributed by atoms with van der Waals surface area (Å²) >= 11 is 0. The highest BCUT2D eigenvalue weighted by molar-refractivity contribution is 7.96. The summed E-state index contributed by atoms with van der Waals surface area (Å²) in [5, 5.41) is 0. The Morgan fingerprint density at radius 1 is 1.32 bits per heavy atom. The number of anilines is 1. The largest absolute Gasteiger partial charge is 0.496 e. The molecule has 1 N–H and O–H groups in total. The number of methoxy groups -OCH3 is 1. The second kappa shape index (κ2) is 7.32. The van der Waals surface area contributed by atoms with Crippen LogP contribution < -0.4 is 14.2 Å². The maximum atomic E-state index is 14.0. The van der Waals surface area contributed by atoms with Gasteiger partial charge in [0, 0.05) is 11.6 Å². The molecule has 2 aliphatic rings. The number of allylic oxidation sites excluding steroid dienone is 3. The SMILES string of the molecule is COc1ccc(NS(=O)(=O)C2=C(F)CC(F)(F)C=C2)c2c1C[C@@H](N(C)C)CO2. The van der Waals surface area contributed by atoms with Gasteiger partial charge in [-0.1, -0.05) is 0 Å². The van der Waals surface area contributed by atoms with Gasteiger partial charge in [-0.3, -0.25) is 4.72 Å². The lowest BCUT2D eigenvalue weighted by atomic mass is 10.00. The van der Waals surface area contributed by atoms with Crippen LogP contribution in [0.2, 0.25) is 0 Å². The number of nitrogens with zero attached hydrogens (tertiary/aromatic N) is 1. The van der Waals surface area contributed by atoms with Crippen LogP contribution in [0.25, 0.3) is 0 Å². The van der Waals surface area contributed by atoms with Crippen LogP contribution in [0.5, 0.6) is 11.5 Å². The molecule has 1 aliphatic heterocycles. The van der Waals surface area contributed by atoms with E-state index in [-0.39, 0.29) is 17.5 Å². The van der Waals surface area contributed by atoms with Crippen molar-refractivity contribution < 1.29 is 31.1 Å². The molecular formula is C18H21F3N2O4S. The number of fused-ring (bicyclic) bond motifs is 1. The number of halogens is 3. The van der Waals surface area contributed by atoms with Gasteiger partial charge in [0.05, 0.1) is 19.2 Å². The quantitative estimate of drug-likeness (QED) is 0.796. The molecule has 1 aromatic rings.